The molecule has 5 heteroatoms. The minimum absolute atomic E-state index is 0.0155. The second-order valence-corrected chi connectivity index (χ2v) is 6.33. The number of aliphatic hydroxyl groups excluding tert-OH is 1. The second-order valence-electron chi connectivity index (χ2n) is 5.94. The van der Waals surface area contributed by atoms with Crippen LogP contribution in [0.1, 0.15) is 61.5 Å². The van der Waals surface area contributed by atoms with Crippen molar-refractivity contribution < 1.29 is 9.90 Å². The van der Waals surface area contributed by atoms with E-state index in [2.05, 4.69) is 4.98 Å². The first-order chi connectivity index (χ1) is 10.0. The van der Waals surface area contributed by atoms with Gasteiger partial charge in [-0.25, -0.2) is 4.98 Å². The van der Waals surface area contributed by atoms with Crippen LogP contribution in [-0.4, -0.2) is 40.1 Å². The second kappa shape index (κ2) is 7.23. The first kappa shape index (κ1) is 16.2. The summed E-state index contributed by atoms with van der Waals surface area (Å²) in [5, 5.41) is 9.89. The van der Waals surface area contributed by atoms with Gasteiger partial charge in [0.2, 0.25) is 0 Å². The van der Waals surface area contributed by atoms with E-state index in [1.807, 2.05) is 19.9 Å². The molecule has 1 aromatic rings. The van der Waals surface area contributed by atoms with E-state index >= 15 is 0 Å². The molecule has 0 radical (unpaired) electrons. The SMILES string of the molecule is CC(C)c1cc(C(=O)N2CCCCCC2CO)cc(Cl)n1. The number of rotatable bonds is 3. The van der Waals surface area contributed by atoms with Crippen LogP contribution < -0.4 is 0 Å². The van der Waals surface area contributed by atoms with E-state index < -0.39 is 0 Å². The van der Waals surface area contributed by atoms with Gasteiger partial charge < -0.3 is 10.0 Å². The number of halogens is 1. The molecule has 1 aliphatic heterocycles. The van der Waals surface area contributed by atoms with E-state index in [1.54, 1.807) is 11.0 Å². The normalized spacial score (nSPS) is 19.7. The molecule has 21 heavy (non-hydrogen) atoms. The van der Waals surface area contributed by atoms with Crippen molar-refractivity contribution in [3.8, 4) is 0 Å². The largest absolute Gasteiger partial charge is 0.394 e. The standard InChI is InChI=1S/C16H23ClN2O2/c1-11(2)14-8-12(9-15(17)18-14)16(21)19-7-5-3-4-6-13(19)10-20/h8-9,11,13,20H,3-7,10H2,1-2H3. The van der Waals surface area contributed by atoms with Crippen LogP contribution in [0.3, 0.4) is 0 Å². The summed E-state index contributed by atoms with van der Waals surface area (Å²) >= 11 is 6.05. The van der Waals surface area contributed by atoms with Crippen molar-refractivity contribution in [1.82, 2.24) is 9.88 Å². The number of nitrogens with zero attached hydrogens (tertiary/aromatic N) is 2. The molecule has 116 valence electrons. The van der Waals surface area contributed by atoms with Crippen molar-refractivity contribution in [2.75, 3.05) is 13.2 Å². The molecule has 2 heterocycles. The number of amides is 1. The van der Waals surface area contributed by atoms with Gasteiger partial charge in [0.15, 0.2) is 0 Å². The minimum atomic E-state index is -0.0885. The van der Waals surface area contributed by atoms with Crippen LogP contribution in [0.5, 0.6) is 0 Å². The first-order valence-corrected chi connectivity index (χ1v) is 8.00. The summed E-state index contributed by atoms with van der Waals surface area (Å²) in [7, 11) is 0. The summed E-state index contributed by atoms with van der Waals surface area (Å²) in [6.45, 7) is 4.76. The fourth-order valence-electron chi connectivity index (χ4n) is 2.74. The average Bonchev–Trinajstić information content (AvgIpc) is 2.70. The summed E-state index contributed by atoms with van der Waals surface area (Å²) in [4.78, 5) is 18.8. The Hall–Kier alpha value is -1.13. The van der Waals surface area contributed by atoms with E-state index in [0.717, 1.165) is 31.4 Å². The van der Waals surface area contributed by atoms with Gasteiger partial charge in [-0.15, -0.1) is 0 Å². The zero-order valence-electron chi connectivity index (χ0n) is 12.7. The van der Waals surface area contributed by atoms with Crippen molar-refractivity contribution >= 4 is 17.5 Å². The quantitative estimate of drug-likeness (QED) is 0.872. The first-order valence-electron chi connectivity index (χ1n) is 7.62. The lowest BCUT2D eigenvalue weighted by Crippen LogP contribution is -2.42. The number of hydrogen-bond acceptors (Lipinski definition) is 3. The summed E-state index contributed by atoms with van der Waals surface area (Å²) < 4.78 is 0. The van der Waals surface area contributed by atoms with Crippen molar-refractivity contribution in [1.29, 1.82) is 0 Å². The summed E-state index contributed by atoms with van der Waals surface area (Å²) in [5.41, 5.74) is 1.39. The number of aliphatic hydroxyl groups is 1. The molecule has 1 atom stereocenters. The molecule has 1 aliphatic rings. The van der Waals surface area contributed by atoms with Crippen LogP contribution in [0.25, 0.3) is 0 Å². The molecule has 2 rings (SSSR count). The monoisotopic (exact) mass is 310 g/mol. The lowest BCUT2D eigenvalue weighted by Gasteiger charge is -2.29. The molecule has 1 aromatic heterocycles. The van der Waals surface area contributed by atoms with E-state index in [4.69, 9.17) is 11.6 Å². The summed E-state index contributed by atoms with van der Waals surface area (Å²) in [5.74, 6) is 0.162. The summed E-state index contributed by atoms with van der Waals surface area (Å²) in [6, 6.07) is 3.35. The van der Waals surface area contributed by atoms with E-state index in [-0.39, 0.29) is 24.5 Å². The fourth-order valence-corrected chi connectivity index (χ4v) is 2.95. The van der Waals surface area contributed by atoms with Crippen molar-refractivity contribution in [2.45, 2.75) is 51.5 Å². The Morgan fingerprint density at radius 1 is 1.43 bits per heavy atom. The highest BCUT2D eigenvalue weighted by atomic mass is 35.5. The number of pyridine rings is 1. The number of likely N-dealkylation sites (tertiary alicyclic amines) is 1. The predicted octanol–water partition coefficient (Wildman–Crippen LogP) is 3.24. The maximum atomic E-state index is 12.8. The van der Waals surface area contributed by atoms with Crippen LogP contribution in [0, 0.1) is 0 Å². The maximum absolute atomic E-state index is 12.8. The van der Waals surface area contributed by atoms with Gasteiger partial charge in [0.1, 0.15) is 5.15 Å². The van der Waals surface area contributed by atoms with Crippen LogP contribution in [0.15, 0.2) is 12.1 Å². The number of hydrogen-bond donors (Lipinski definition) is 1. The third-order valence-corrected chi connectivity index (χ3v) is 4.19. The van der Waals surface area contributed by atoms with Gasteiger partial charge in [-0.05, 0) is 30.9 Å². The number of carbonyl (C=O) groups excluding carboxylic acids is 1. The molecule has 4 nitrogen and oxygen atoms in total. The smallest absolute Gasteiger partial charge is 0.254 e. The molecule has 0 saturated carbocycles. The molecule has 0 aliphatic carbocycles. The Bertz CT molecular complexity index is 505. The zero-order valence-corrected chi connectivity index (χ0v) is 13.4. The van der Waals surface area contributed by atoms with Gasteiger partial charge in [-0.1, -0.05) is 38.3 Å². The molecule has 1 N–H and O–H groups in total. The van der Waals surface area contributed by atoms with Crippen LogP contribution in [0.2, 0.25) is 5.15 Å². The van der Waals surface area contributed by atoms with Gasteiger partial charge in [0.25, 0.3) is 5.91 Å². The number of carbonyl (C=O) groups is 1. The van der Waals surface area contributed by atoms with E-state index in [0.29, 0.717) is 17.3 Å². The molecule has 1 unspecified atom stereocenters. The third kappa shape index (κ3) is 3.95. The van der Waals surface area contributed by atoms with E-state index in [1.165, 1.54) is 0 Å². The molecule has 0 spiro atoms. The van der Waals surface area contributed by atoms with Crippen molar-refractivity contribution in [3.63, 3.8) is 0 Å². The van der Waals surface area contributed by atoms with Gasteiger partial charge in [0, 0.05) is 17.8 Å². The molecule has 0 bridgehead atoms. The highest BCUT2D eigenvalue weighted by molar-refractivity contribution is 6.29. The maximum Gasteiger partial charge on any atom is 0.254 e. The molecular formula is C16H23ClN2O2. The minimum Gasteiger partial charge on any atom is -0.394 e. The van der Waals surface area contributed by atoms with Crippen molar-refractivity contribution in [2.24, 2.45) is 0 Å². The average molecular weight is 311 g/mol. The molecule has 1 saturated heterocycles. The Kier molecular flexibility index (Phi) is 5.59. The molecular weight excluding hydrogens is 288 g/mol. The topological polar surface area (TPSA) is 53.4 Å². The highest BCUT2D eigenvalue weighted by Gasteiger charge is 2.26. The Labute approximate surface area is 131 Å². The Balaban J connectivity index is 2.29. The third-order valence-electron chi connectivity index (χ3n) is 4.00. The molecule has 1 amide bonds. The lowest BCUT2D eigenvalue weighted by molar-refractivity contribution is 0.0599. The zero-order chi connectivity index (χ0) is 15.4. The van der Waals surface area contributed by atoms with Gasteiger partial charge in [-0.2, -0.15) is 0 Å². The Morgan fingerprint density at radius 3 is 2.86 bits per heavy atom. The molecule has 1 fully saturated rings. The van der Waals surface area contributed by atoms with Crippen LogP contribution >= 0.6 is 11.6 Å². The van der Waals surface area contributed by atoms with Gasteiger partial charge in [0.05, 0.1) is 12.6 Å². The number of aromatic nitrogens is 1. The van der Waals surface area contributed by atoms with Gasteiger partial charge >= 0.3 is 0 Å². The van der Waals surface area contributed by atoms with Gasteiger partial charge in [-0.3, -0.25) is 4.79 Å². The molecule has 0 aromatic carbocycles. The fraction of sp³-hybridized carbons (Fsp3) is 0.625. The van der Waals surface area contributed by atoms with Crippen molar-refractivity contribution in [3.05, 3.63) is 28.5 Å². The van der Waals surface area contributed by atoms with E-state index in [9.17, 15) is 9.90 Å². The Morgan fingerprint density at radius 2 is 2.19 bits per heavy atom. The predicted molar refractivity (Wildman–Crippen MR) is 83.7 cm³/mol. The van der Waals surface area contributed by atoms with Crippen LogP contribution in [0.4, 0.5) is 0 Å². The summed E-state index contributed by atoms with van der Waals surface area (Å²) in [6.07, 6.45) is 4.01. The highest BCUT2D eigenvalue weighted by Crippen LogP contribution is 2.22. The van der Waals surface area contributed by atoms with Crippen LogP contribution in [-0.2, 0) is 0 Å². The lowest BCUT2D eigenvalue weighted by atomic mass is 10.1.